The number of aryl methyl sites for hydroxylation is 2. The fraction of sp³-hybridized carbons (Fsp3) is 0.391. The van der Waals surface area contributed by atoms with Gasteiger partial charge in [-0.2, -0.15) is 0 Å². The molecule has 0 saturated carbocycles. The first-order valence-electron chi connectivity index (χ1n) is 18.4. The van der Waals surface area contributed by atoms with Crippen LogP contribution in [0.2, 0.25) is 0 Å². The molecule has 0 spiro atoms. The Hall–Kier alpha value is -3.57. The molecule has 0 aliphatic heterocycles. The van der Waals surface area contributed by atoms with Gasteiger partial charge >= 0.3 is 0 Å². The molecule has 52 heavy (non-hydrogen) atoms. The zero-order chi connectivity index (χ0) is 37.3. The summed E-state index contributed by atoms with van der Waals surface area (Å²) >= 11 is 1.82. The number of hydrogen-bond donors (Lipinski definition) is 1. The quantitative estimate of drug-likeness (QED) is 0.0892. The number of aliphatic hydroxyl groups excluding tert-OH is 1. The fourth-order valence-electron chi connectivity index (χ4n) is 6.64. The second kappa shape index (κ2) is 16.2. The smallest absolute Gasteiger partial charge is 0.164 e. The van der Waals surface area contributed by atoms with Gasteiger partial charge in [0, 0.05) is 80.4 Å². The van der Waals surface area contributed by atoms with Gasteiger partial charge in [-0.05, 0) is 63.1 Å². The number of aliphatic hydroxyl groups is 1. The summed E-state index contributed by atoms with van der Waals surface area (Å²) in [4.78, 5) is 18.3. The third-order valence-electron chi connectivity index (χ3n) is 11.2. The summed E-state index contributed by atoms with van der Waals surface area (Å²) in [5.74, 6) is 1.21. The van der Waals surface area contributed by atoms with Crippen molar-refractivity contribution in [1.82, 2.24) is 4.98 Å². The van der Waals surface area contributed by atoms with Crippen molar-refractivity contribution < 1.29 is 34.4 Å². The Kier molecular flexibility index (Phi) is 12.8. The van der Waals surface area contributed by atoms with Crippen LogP contribution in [0.25, 0.3) is 54.4 Å². The van der Waals surface area contributed by atoms with Crippen LogP contribution in [0.4, 0.5) is 0 Å². The number of hydrogen-bond acceptors (Lipinski definition) is 5. The zero-order valence-electron chi connectivity index (χ0n) is 32.7. The monoisotopic (exact) mass is 893 g/mol. The van der Waals surface area contributed by atoms with Crippen LogP contribution in [0.3, 0.4) is 0 Å². The topological polar surface area (TPSA) is 63.3 Å². The molecule has 3 aromatic carbocycles. The molecule has 0 unspecified atom stereocenters. The standard InChI is InChI=1S/C31H26NOS.C15H28O2.Ir/c1-18-15-25-24(11-8-12-27(25)34-18)29-19(2)22-13-14-32-28(30(22)33-29)21-16-20-9-6-7-10-23(20)26(17-21)31(3,4)5;1-7-14(5,8-2)12(16)11-13(17)15(6,9-3)10-4;/h6-15,17H,1-5H3;11,16H,7-10H2,1-6H3;/q-1;;/b;12-11-;. The average Bonchev–Trinajstić information content (AvgIpc) is 3.68. The van der Waals surface area contributed by atoms with Crippen LogP contribution in [0.15, 0.2) is 83.1 Å². The molecule has 6 rings (SSSR count). The number of carbonyl (C=O) groups is 1. The van der Waals surface area contributed by atoms with Crippen molar-refractivity contribution in [1.29, 1.82) is 0 Å². The van der Waals surface area contributed by atoms with Crippen LogP contribution in [-0.2, 0) is 30.3 Å². The third-order valence-corrected chi connectivity index (χ3v) is 12.2. The van der Waals surface area contributed by atoms with Gasteiger partial charge in [0.2, 0.25) is 0 Å². The van der Waals surface area contributed by atoms with E-state index in [1.165, 1.54) is 32.0 Å². The largest absolute Gasteiger partial charge is 0.512 e. The van der Waals surface area contributed by atoms with Gasteiger partial charge < -0.3 is 9.52 Å². The molecule has 0 bridgehead atoms. The summed E-state index contributed by atoms with van der Waals surface area (Å²) in [6.07, 6.45) is 6.64. The SMILES string of the molecule is CCC(C)(CC)C(=O)/C=C(\O)C(C)(CC)CC.Cc1cc2c(-c3oc4c(-c5[c-]c6ccccc6c(C(C)(C)C)c5)nccc4c3C)cccc2s1.[Ir]. The van der Waals surface area contributed by atoms with E-state index >= 15 is 0 Å². The summed E-state index contributed by atoms with van der Waals surface area (Å²) in [7, 11) is 0. The Morgan fingerprint density at radius 2 is 1.50 bits per heavy atom. The van der Waals surface area contributed by atoms with E-state index in [4.69, 9.17) is 9.40 Å². The number of allylic oxidation sites excluding steroid dienone is 2. The van der Waals surface area contributed by atoms with E-state index in [1.807, 2.05) is 59.1 Å². The average molecular weight is 893 g/mol. The van der Waals surface area contributed by atoms with E-state index in [-0.39, 0.29) is 47.9 Å². The van der Waals surface area contributed by atoms with E-state index in [0.717, 1.165) is 70.2 Å². The molecule has 0 aliphatic carbocycles. The summed E-state index contributed by atoms with van der Waals surface area (Å²) in [5, 5.41) is 14.8. The summed E-state index contributed by atoms with van der Waals surface area (Å²) in [6.45, 7) is 23.2. The van der Waals surface area contributed by atoms with Gasteiger partial charge in [-0.15, -0.1) is 40.5 Å². The molecule has 0 fully saturated rings. The van der Waals surface area contributed by atoms with Crippen LogP contribution in [0.1, 0.15) is 104 Å². The number of ketones is 1. The first-order valence-corrected chi connectivity index (χ1v) is 19.2. The van der Waals surface area contributed by atoms with Crippen molar-refractivity contribution in [3.8, 4) is 22.6 Å². The number of furan rings is 1. The van der Waals surface area contributed by atoms with Gasteiger partial charge in [-0.25, -0.2) is 0 Å². The van der Waals surface area contributed by atoms with Crippen molar-refractivity contribution in [2.45, 2.75) is 107 Å². The predicted octanol–water partition coefficient (Wildman–Crippen LogP) is 13.9. The molecule has 0 amide bonds. The first-order chi connectivity index (χ1) is 24.1. The molecular formula is C46H54IrNO3S-. The maximum atomic E-state index is 12.2. The number of pyridine rings is 1. The molecule has 277 valence electrons. The minimum atomic E-state index is -0.337. The van der Waals surface area contributed by atoms with Gasteiger partial charge in [-0.1, -0.05) is 104 Å². The Bertz CT molecular complexity index is 2220. The maximum Gasteiger partial charge on any atom is 0.164 e. The van der Waals surface area contributed by atoms with E-state index in [9.17, 15) is 9.90 Å². The number of carbonyl (C=O) groups excluding carboxylic acids is 1. The van der Waals surface area contributed by atoms with Gasteiger partial charge in [0.05, 0.1) is 0 Å². The van der Waals surface area contributed by atoms with Gasteiger partial charge in [0.15, 0.2) is 5.78 Å². The van der Waals surface area contributed by atoms with Crippen molar-refractivity contribution in [2.75, 3.05) is 0 Å². The van der Waals surface area contributed by atoms with E-state index < -0.39 is 0 Å². The van der Waals surface area contributed by atoms with Crippen LogP contribution < -0.4 is 0 Å². The summed E-state index contributed by atoms with van der Waals surface area (Å²) < 4.78 is 7.93. The number of nitrogens with zero attached hydrogens (tertiary/aromatic N) is 1. The minimum absolute atomic E-state index is 0. The van der Waals surface area contributed by atoms with E-state index in [2.05, 4.69) is 101 Å². The van der Waals surface area contributed by atoms with Crippen molar-refractivity contribution in [2.24, 2.45) is 10.8 Å². The molecular weight excluding hydrogens is 839 g/mol. The minimum Gasteiger partial charge on any atom is -0.512 e. The molecule has 6 heteroatoms. The maximum absolute atomic E-state index is 12.2. The van der Waals surface area contributed by atoms with Crippen molar-refractivity contribution in [3.05, 3.63) is 101 Å². The molecule has 3 heterocycles. The second-order valence-electron chi connectivity index (χ2n) is 15.5. The number of rotatable bonds is 9. The fourth-order valence-corrected chi connectivity index (χ4v) is 7.59. The van der Waals surface area contributed by atoms with Gasteiger partial charge in [0.25, 0.3) is 0 Å². The van der Waals surface area contributed by atoms with Crippen molar-refractivity contribution >= 4 is 48.9 Å². The third kappa shape index (κ3) is 8.00. The van der Waals surface area contributed by atoms with E-state index in [0.29, 0.717) is 0 Å². The number of benzene rings is 3. The second-order valence-corrected chi connectivity index (χ2v) is 16.8. The Labute approximate surface area is 328 Å². The van der Waals surface area contributed by atoms with Gasteiger partial charge in [-0.3, -0.25) is 9.78 Å². The first kappa shape index (κ1) is 41.2. The molecule has 1 radical (unpaired) electrons. The van der Waals surface area contributed by atoms with Crippen LogP contribution in [-0.4, -0.2) is 15.9 Å². The Balaban J connectivity index is 0.000000289. The summed E-state index contributed by atoms with van der Waals surface area (Å²) in [6, 6.07) is 25.1. The molecule has 0 atom stereocenters. The summed E-state index contributed by atoms with van der Waals surface area (Å²) in [5.41, 5.74) is 5.60. The van der Waals surface area contributed by atoms with Crippen molar-refractivity contribution in [3.63, 3.8) is 0 Å². The van der Waals surface area contributed by atoms with Crippen LogP contribution >= 0.6 is 11.3 Å². The zero-order valence-corrected chi connectivity index (χ0v) is 35.9. The number of thiophene rings is 1. The molecule has 1 N–H and O–H groups in total. The Morgan fingerprint density at radius 3 is 2.13 bits per heavy atom. The molecule has 0 aliphatic rings. The normalized spacial score (nSPS) is 12.6. The molecule has 0 saturated heterocycles. The van der Waals surface area contributed by atoms with Gasteiger partial charge in [0.1, 0.15) is 17.1 Å². The molecule has 3 aromatic heterocycles. The molecule has 4 nitrogen and oxygen atoms in total. The molecule has 6 aromatic rings. The van der Waals surface area contributed by atoms with Crippen LogP contribution in [0, 0.1) is 30.7 Å². The number of fused-ring (bicyclic) bond motifs is 3. The van der Waals surface area contributed by atoms with Crippen LogP contribution in [0.5, 0.6) is 0 Å². The Morgan fingerprint density at radius 1 is 0.846 bits per heavy atom. The number of aromatic nitrogens is 1. The van der Waals surface area contributed by atoms with E-state index in [1.54, 1.807) is 0 Å². The predicted molar refractivity (Wildman–Crippen MR) is 218 cm³/mol.